The summed E-state index contributed by atoms with van der Waals surface area (Å²) in [5.41, 5.74) is 1.37. The van der Waals surface area contributed by atoms with E-state index < -0.39 is 0 Å². The molecule has 144 valence electrons. The standard InChI is InChI=1S/C21H21ClN4O2/c22-17-8-4-6-15(12-17)13-19(27)25-11-5-7-16(14-25)20-23-21(28)26(24-20)18-9-2-1-3-10-18/h1-4,6,8-10,12,16H,5,7,11,13-14H2,(H,23,24,28). The highest BCUT2D eigenvalue weighted by Gasteiger charge is 2.27. The number of amides is 1. The minimum atomic E-state index is -0.261. The van der Waals surface area contributed by atoms with Gasteiger partial charge in [-0.15, -0.1) is 5.10 Å². The number of hydrogen-bond acceptors (Lipinski definition) is 3. The zero-order chi connectivity index (χ0) is 19.5. The predicted molar refractivity (Wildman–Crippen MR) is 108 cm³/mol. The molecule has 1 fully saturated rings. The van der Waals surface area contributed by atoms with Gasteiger partial charge in [-0.1, -0.05) is 41.9 Å². The number of nitrogens with zero attached hydrogens (tertiary/aromatic N) is 3. The Morgan fingerprint density at radius 2 is 2.00 bits per heavy atom. The lowest BCUT2D eigenvalue weighted by atomic mass is 9.97. The van der Waals surface area contributed by atoms with Crippen molar-refractivity contribution in [3.8, 4) is 5.69 Å². The Labute approximate surface area is 167 Å². The Bertz CT molecular complexity index is 1030. The van der Waals surface area contributed by atoms with E-state index >= 15 is 0 Å². The van der Waals surface area contributed by atoms with Crippen molar-refractivity contribution in [2.24, 2.45) is 0 Å². The van der Waals surface area contributed by atoms with Crippen molar-refractivity contribution >= 4 is 17.5 Å². The minimum Gasteiger partial charge on any atom is -0.342 e. The number of aromatic amines is 1. The molecule has 1 N–H and O–H groups in total. The van der Waals surface area contributed by atoms with E-state index in [9.17, 15) is 9.59 Å². The molecule has 3 aromatic rings. The van der Waals surface area contributed by atoms with E-state index in [1.807, 2.05) is 53.4 Å². The van der Waals surface area contributed by atoms with Gasteiger partial charge in [-0.2, -0.15) is 4.68 Å². The molecule has 1 unspecified atom stereocenters. The fourth-order valence-corrected chi connectivity index (χ4v) is 3.84. The normalized spacial score (nSPS) is 16.9. The zero-order valence-electron chi connectivity index (χ0n) is 15.3. The van der Waals surface area contributed by atoms with Crippen LogP contribution in [0, 0.1) is 0 Å². The Morgan fingerprint density at radius 3 is 2.79 bits per heavy atom. The molecule has 0 bridgehead atoms. The maximum atomic E-state index is 12.7. The summed E-state index contributed by atoms with van der Waals surface area (Å²) >= 11 is 6.02. The molecule has 7 heteroatoms. The summed E-state index contributed by atoms with van der Waals surface area (Å²) in [5.74, 6) is 0.723. The molecule has 0 spiro atoms. The molecule has 2 aromatic carbocycles. The predicted octanol–water partition coefficient (Wildman–Crippen LogP) is 3.16. The molecule has 0 aliphatic carbocycles. The highest BCUT2D eigenvalue weighted by atomic mass is 35.5. The number of carbonyl (C=O) groups excluding carboxylic acids is 1. The fourth-order valence-electron chi connectivity index (χ4n) is 3.63. The van der Waals surface area contributed by atoms with Gasteiger partial charge in [0, 0.05) is 24.0 Å². The SMILES string of the molecule is O=C(Cc1cccc(Cl)c1)N1CCCC(c2nn(-c3ccccc3)c(=O)[nH]2)C1. The Morgan fingerprint density at radius 1 is 1.18 bits per heavy atom. The average Bonchev–Trinajstić information content (AvgIpc) is 3.10. The molecule has 4 rings (SSSR count). The highest BCUT2D eigenvalue weighted by molar-refractivity contribution is 6.30. The smallest absolute Gasteiger partial charge is 0.342 e. The lowest BCUT2D eigenvalue weighted by molar-refractivity contribution is -0.131. The van der Waals surface area contributed by atoms with Gasteiger partial charge >= 0.3 is 5.69 Å². The van der Waals surface area contributed by atoms with Crippen molar-refractivity contribution in [1.82, 2.24) is 19.7 Å². The third kappa shape index (κ3) is 4.02. The minimum absolute atomic E-state index is 0.0229. The quantitative estimate of drug-likeness (QED) is 0.736. The molecule has 0 saturated carbocycles. The second kappa shape index (κ2) is 8.02. The largest absolute Gasteiger partial charge is 0.348 e. The molecule has 1 aliphatic rings. The van der Waals surface area contributed by atoms with Crippen LogP contribution < -0.4 is 5.69 Å². The third-order valence-corrected chi connectivity index (χ3v) is 5.28. The van der Waals surface area contributed by atoms with Crippen LogP contribution in [0.25, 0.3) is 5.69 Å². The summed E-state index contributed by atoms with van der Waals surface area (Å²) in [6, 6.07) is 16.7. The van der Waals surface area contributed by atoms with Crippen LogP contribution in [0.3, 0.4) is 0 Å². The first-order valence-electron chi connectivity index (χ1n) is 9.37. The zero-order valence-corrected chi connectivity index (χ0v) is 16.1. The molecule has 6 nitrogen and oxygen atoms in total. The van der Waals surface area contributed by atoms with Gasteiger partial charge < -0.3 is 4.90 Å². The molecule has 1 aliphatic heterocycles. The number of carbonyl (C=O) groups is 1. The Kier molecular flexibility index (Phi) is 5.30. The number of piperidine rings is 1. The van der Waals surface area contributed by atoms with Crippen molar-refractivity contribution in [2.75, 3.05) is 13.1 Å². The van der Waals surface area contributed by atoms with Crippen LogP contribution in [0.4, 0.5) is 0 Å². The first-order chi connectivity index (χ1) is 13.6. The van der Waals surface area contributed by atoms with Crippen LogP contribution >= 0.6 is 11.6 Å². The monoisotopic (exact) mass is 396 g/mol. The number of aromatic nitrogens is 3. The van der Waals surface area contributed by atoms with Crippen LogP contribution in [0.2, 0.25) is 5.02 Å². The molecule has 1 atom stereocenters. The number of H-pyrrole nitrogens is 1. The molecule has 1 aromatic heterocycles. The second-order valence-corrected chi connectivity index (χ2v) is 7.48. The van der Waals surface area contributed by atoms with Gasteiger partial charge in [0.1, 0.15) is 5.82 Å². The van der Waals surface area contributed by atoms with E-state index in [-0.39, 0.29) is 17.5 Å². The number of rotatable bonds is 4. The van der Waals surface area contributed by atoms with E-state index in [1.165, 1.54) is 4.68 Å². The number of para-hydroxylation sites is 1. The van der Waals surface area contributed by atoms with Crippen LogP contribution in [0.15, 0.2) is 59.4 Å². The summed E-state index contributed by atoms with van der Waals surface area (Å²) in [4.78, 5) is 29.8. The van der Waals surface area contributed by atoms with Crippen molar-refractivity contribution in [3.05, 3.63) is 81.5 Å². The second-order valence-electron chi connectivity index (χ2n) is 7.05. The molecule has 2 heterocycles. The summed E-state index contributed by atoms with van der Waals surface area (Å²) in [7, 11) is 0. The number of likely N-dealkylation sites (tertiary alicyclic amines) is 1. The van der Waals surface area contributed by atoms with Crippen LogP contribution in [-0.4, -0.2) is 38.7 Å². The van der Waals surface area contributed by atoms with Crippen molar-refractivity contribution < 1.29 is 4.79 Å². The first kappa shape index (κ1) is 18.5. The van der Waals surface area contributed by atoms with E-state index in [4.69, 9.17) is 11.6 Å². The first-order valence-corrected chi connectivity index (χ1v) is 9.75. The van der Waals surface area contributed by atoms with Gasteiger partial charge in [0.25, 0.3) is 0 Å². The number of hydrogen-bond donors (Lipinski definition) is 1. The fraction of sp³-hybridized carbons (Fsp3) is 0.286. The molecule has 0 radical (unpaired) electrons. The number of halogens is 1. The van der Waals surface area contributed by atoms with Gasteiger partial charge in [-0.25, -0.2) is 4.79 Å². The van der Waals surface area contributed by atoms with Crippen LogP contribution in [0.5, 0.6) is 0 Å². The van der Waals surface area contributed by atoms with Gasteiger partial charge in [-0.05, 0) is 42.7 Å². The summed E-state index contributed by atoms with van der Waals surface area (Å²) in [6.07, 6.45) is 2.09. The van der Waals surface area contributed by atoms with Crippen molar-refractivity contribution in [3.63, 3.8) is 0 Å². The van der Waals surface area contributed by atoms with Gasteiger partial charge in [-0.3, -0.25) is 9.78 Å². The maximum absolute atomic E-state index is 12.7. The summed E-state index contributed by atoms with van der Waals surface area (Å²) in [5, 5.41) is 5.12. The van der Waals surface area contributed by atoms with Crippen molar-refractivity contribution in [1.29, 1.82) is 0 Å². The number of benzene rings is 2. The topological polar surface area (TPSA) is 71.0 Å². The molecule has 1 saturated heterocycles. The maximum Gasteiger partial charge on any atom is 0.348 e. The molecular formula is C21H21ClN4O2. The highest BCUT2D eigenvalue weighted by Crippen LogP contribution is 2.25. The van der Waals surface area contributed by atoms with Crippen molar-refractivity contribution in [2.45, 2.75) is 25.2 Å². The average molecular weight is 397 g/mol. The Balaban J connectivity index is 1.48. The van der Waals surface area contributed by atoms with Crippen LogP contribution in [0.1, 0.15) is 30.1 Å². The van der Waals surface area contributed by atoms with Gasteiger partial charge in [0.15, 0.2) is 0 Å². The summed E-state index contributed by atoms with van der Waals surface area (Å²) in [6.45, 7) is 1.28. The Hall–Kier alpha value is -2.86. The van der Waals surface area contributed by atoms with E-state index in [0.717, 1.165) is 30.6 Å². The lowest BCUT2D eigenvalue weighted by Crippen LogP contribution is -2.40. The van der Waals surface area contributed by atoms with Crippen LogP contribution in [-0.2, 0) is 11.2 Å². The molecule has 1 amide bonds. The summed E-state index contributed by atoms with van der Waals surface area (Å²) < 4.78 is 1.38. The van der Waals surface area contributed by atoms with E-state index in [0.29, 0.717) is 23.8 Å². The molecular weight excluding hydrogens is 376 g/mol. The number of nitrogens with one attached hydrogen (secondary N) is 1. The molecule has 28 heavy (non-hydrogen) atoms. The third-order valence-electron chi connectivity index (χ3n) is 5.04. The van der Waals surface area contributed by atoms with E-state index in [2.05, 4.69) is 10.1 Å². The van der Waals surface area contributed by atoms with E-state index in [1.54, 1.807) is 6.07 Å². The lowest BCUT2D eigenvalue weighted by Gasteiger charge is -2.31. The van der Waals surface area contributed by atoms with Gasteiger partial charge in [0.2, 0.25) is 5.91 Å². The van der Waals surface area contributed by atoms with Gasteiger partial charge in [0.05, 0.1) is 12.1 Å².